The molecule has 2 aromatic carbocycles. The first-order valence-corrected chi connectivity index (χ1v) is 9.27. The van der Waals surface area contributed by atoms with Crippen molar-refractivity contribution in [1.29, 1.82) is 0 Å². The van der Waals surface area contributed by atoms with E-state index < -0.39 is 0 Å². The highest BCUT2D eigenvalue weighted by Gasteiger charge is 2.29. The number of nitrogens with zero attached hydrogens (tertiary/aromatic N) is 2. The van der Waals surface area contributed by atoms with Gasteiger partial charge in [-0.3, -0.25) is 19.3 Å². The van der Waals surface area contributed by atoms with E-state index in [1.165, 1.54) is 4.90 Å². The molecule has 1 saturated heterocycles. The molecule has 1 fully saturated rings. The lowest BCUT2D eigenvalue weighted by Gasteiger charge is -2.21. The predicted molar refractivity (Wildman–Crippen MR) is 103 cm³/mol. The smallest absolute Gasteiger partial charge is 0.289 e. The van der Waals surface area contributed by atoms with Gasteiger partial charge in [0, 0.05) is 18.3 Å². The Morgan fingerprint density at radius 2 is 1.92 bits per heavy atom. The predicted octanol–water partition coefficient (Wildman–Crippen LogP) is 3.78. The molecule has 0 unspecified atom stereocenters. The second-order valence-electron chi connectivity index (χ2n) is 6.39. The first-order valence-electron chi connectivity index (χ1n) is 8.28. The van der Waals surface area contributed by atoms with Crippen molar-refractivity contribution in [3.63, 3.8) is 0 Å². The summed E-state index contributed by atoms with van der Waals surface area (Å²) in [4.78, 5) is 39.3. The van der Waals surface area contributed by atoms with Gasteiger partial charge in [-0.2, -0.15) is 0 Å². The Hall–Kier alpha value is -2.60. The van der Waals surface area contributed by atoms with Gasteiger partial charge in [-0.05, 0) is 48.7 Å². The van der Waals surface area contributed by atoms with Crippen LogP contribution in [0.25, 0.3) is 0 Å². The van der Waals surface area contributed by atoms with Crippen molar-refractivity contribution in [2.45, 2.75) is 20.4 Å². The van der Waals surface area contributed by atoms with E-state index >= 15 is 0 Å². The number of hydrogen-bond acceptors (Lipinski definition) is 4. The largest absolute Gasteiger partial charge is 0.311 e. The lowest BCUT2D eigenvalue weighted by molar-refractivity contribution is -0.125. The molecule has 0 aromatic heterocycles. The van der Waals surface area contributed by atoms with E-state index in [0.29, 0.717) is 5.56 Å². The molecule has 0 N–H and O–H groups in total. The van der Waals surface area contributed by atoms with Crippen LogP contribution >= 0.6 is 11.8 Å². The summed E-state index contributed by atoms with van der Waals surface area (Å²) in [5.74, 6) is -0.134. The van der Waals surface area contributed by atoms with Crippen LogP contribution in [0.2, 0.25) is 0 Å². The van der Waals surface area contributed by atoms with Crippen molar-refractivity contribution in [2.75, 3.05) is 17.7 Å². The third-order valence-electron chi connectivity index (χ3n) is 4.39. The van der Waals surface area contributed by atoms with E-state index in [2.05, 4.69) is 0 Å². The fourth-order valence-corrected chi connectivity index (χ4v) is 3.63. The molecule has 1 heterocycles. The highest BCUT2D eigenvalue weighted by molar-refractivity contribution is 8.14. The van der Waals surface area contributed by atoms with Crippen LogP contribution in [0.1, 0.15) is 27.0 Å². The Bertz CT molecular complexity index is 878. The first kappa shape index (κ1) is 18.2. The second-order valence-corrected chi connectivity index (χ2v) is 7.32. The van der Waals surface area contributed by atoms with Gasteiger partial charge < -0.3 is 4.90 Å². The summed E-state index contributed by atoms with van der Waals surface area (Å²) >= 11 is 1.01. The number of rotatable bonds is 4. The molecule has 6 heteroatoms. The lowest BCUT2D eigenvalue weighted by atomic mass is 10.1. The zero-order valence-electron chi connectivity index (χ0n) is 15.0. The SMILES string of the molecule is Cc1ccc(C)c(N(C)C(=O)c2cccc(CN3C(=O)CSC3=O)c2)c1. The quantitative estimate of drug-likeness (QED) is 0.824. The number of thioether (sulfide) groups is 1. The number of carbonyl (C=O) groups excluding carboxylic acids is 3. The maximum atomic E-state index is 12.9. The van der Waals surface area contributed by atoms with E-state index in [4.69, 9.17) is 0 Å². The molecule has 26 heavy (non-hydrogen) atoms. The number of hydrogen-bond donors (Lipinski definition) is 0. The fourth-order valence-electron chi connectivity index (χ4n) is 2.90. The third-order valence-corrected chi connectivity index (χ3v) is 5.24. The first-order chi connectivity index (χ1) is 12.4. The van der Waals surface area contributed by atoms with Gasteiger partial charge in [-0.15, -0.1) is 0 Å². The maximum absolute atomic E-state index is 12.9. The molecular weight excluding hydrogens is 348 g/mol. The second kappa shape index (κ2) is 7.33. The van der Waals surface area contributed by atoms with Crippen LogP contribution in [0.15, 0.2) is 42.5 Å². The van der Waals surface area contributed by atoms with Crippen molar-refractivity contribution < 1.29 is 14.4 Å². The van der Waals surface area contributed by atoms with Gasteiger partial charge in [-0.1, -0.05) is 36.0 Å². The summed E-state index contributed by atoms with van der Waals surface area (Å²) in [7, 11) is 1.75. The van der Waals surface area contributed by atoms with Gasteiger partial charge in [0.05, 0.1) is 12.3 Å². The van der Waals surface area contributed by atoms with E-state index in [1.807, 2.05) is 38.1 Å². The summed E-state index contributed by atoms with van der Waals surface area (Å²) in [6, 6.07) is 13.1. The van der Waals surface area contributed by atoms with Gasteiger partial charge in [0.2, 0.25) is 5.91 Å². The number of anilines is 1. The van der Waals surface area contributed by atoms with Crippen molar-refractivity contribution in [2.24, 2.45) is 0 Å². The minimum Gasteiger partial charge on any atom is -0.311 e. The average Bonchev–Trinajstić information content (AvgIpc) is 2.95. The van der Waals surface area contributed by atoms with E-state index in [-0.39, 0.29) is 29.4 Å². The number of amides is 3. The molecule has 1 aliphatic rings. The molecule has 134 valence electrons. The van der Waals surface area contributed by atoms with Crippen molar-refractivity contribution >= 4 is 34.5 Å². The monoisotopic (exact) mass is 368 g/mol. The molecule has 3 rings (SSSR count). The van der Waals surface area contributed by atoms with Gasteiger partial charge >= 0.3 is 0 Å². The van der Waals surface area contributed by atoms with Crippen LogP contribution in [0, 0.1) is 13.8 Å². The number of carbonyl (C=O) groups is 3. The van der Waals surface area contributed by atoms with Gasteiger partial charge in [0.25, 0.3) is 11.1 Å². The molecule has 2 aromatic rings. The zero-order valence-corrected chi connectivity index (χ0v) is 15.8. The van der Waals surface area contributed by atoms with Crippen LogP contribution in [0.4, 0.5) is 10.5 Å². The Balaban J connectivity index is 1.83. The maximum Gasteiger partial charge on any atom is 0.289 e. The Kier molecular flexibility index (Phi) is 5.13. The number of imide groups is 1. The average molecular weight is 368 g/mol. The van der Waals surface area contributed by atoms with E-state index in [1.54, 1.807) is 30.1 Å². The van der Waals surface area contributed by atoms with Crippen LogP contribution in [0.5, 0.6) is 0 Å². The molecule has 0 atom stereocenters. The van der Waals surface area contributed by atoms with Crippen LogP contribution in [-0.4, -0.2) is 34.8 Å². The van der Waals surface area contributed by atoms with Gasteiger partial charge in [0.15, 0.2) is 0 Å². The summed E-state index contributed by atoms with van der Waals surface area (Å²) in [6.45, 7) is 4.15. The van der Waals surface area contributed by atoms with Crippen molar-refractivity contribution in [3.8, 4) is 0 Å². The molecule has 0 aliphatic carbocycles. The van der Waals surface area contributed by atoms with Gasteiger partial charge in [0.1, 0.15) is 0 Å². The normalized spacial score (nSPS) is 14.0. The van der Waals surface area contributed by atoms with Gasteiger partial charge in [-0.25, -0.2) is 0 Å². The van der Waals surface area contributed by atoms with Crippen molar-refractivity contribution in [1.82, 2.24) is 4.90 Å². The molecule has 0 radical (unpaired) electrons. The topological polar surface area (TPSA) is 57.7 Å². The number of benzene rings is 2. The third kappa shape index (κ3) is 3.65. The summed E-state index contributed by atoms with van der Waals surface area (Å²) in [6.07, 6.45) is 0. The summed E-state index contributed by atoms with van der Waals surface area (Å²) in [5, 5.41) is -0.237. The summed E-state index contributed by atoms with van der Waals surface area (Å²) < 4.78 is 0. The van der Waals surface area contributed by atoms with Crippen LogP contribution in [0.3, 0.4) is 0 Å². The molecule has 1 aliphatic heterocycles. The molecular formula is C20H20N2O3S. The Morgan fingerprint density at radius 3 is 2.62 bits per heavy atom. The highest BCUT2D eigenvalue weighted by Crippen LogP contribution is 2.24. The molecule has 3 amide bonds. The Morgan fingerprint density at radius 1 is 1.15 bits per heavy atom. The van der Waals surface area contributed by atoms with E-state index in [9.17, 15) is 14.4 Å². The molecule has 0 bridgehead atoms. The number of aryl methyl sites for hydroxylation is 2. The molecule has 0 saturated carbocycles. The summed E-state index contributed by atoms with van der Waals surface area (Å²) in [5.41, 5.74) is 4.25. The minimum atomic E-state index is -0.237. The molecule has 5 nitrogen and oxygen atoms in total. The fraction of sp³-hybridized carbons (Fsp3) is 0.250. The van der Waals surface area contributed by atoms with Crippen LogP contribution in [-0.2, 0) is 11.3 Å². The minimum absolute atomic E-state index is 0.131. The Labute approximate surface area is 157 Å². The zero-order chi connectivity index (χ0) is 18.8. The lowest BCUT2D eigenvalue weighted by Crippen LogP contribution is -2.29. The van der Waals surface area contributed by atoms with Crippen molar-refractivity contribution in [3.05, 3.63) is 64.7 Å². The van der Waals surface area contributed by atoms with E-state index in [0.717, 1.165) is 34.1 Å². The highest BCUT2D eigenvalue weighted by atomic mass is 32.2. The standard InChI is InChI=1S/C20H20N2O3S/c1-13-7-8-14(2)17(9-13)21(3)19(24)16-6-4-5-15(10-16)11-22-18(23)12-26-20(22)25/h4-10H,11-12H2,1-3H3. The van der Waals surface area contributed by atoms with Crippen LogP contribution < -0.4 is 4.90 Å². The molecule has 0 spiro atoms.